The molecule has 0 atom stereocenters. The van der Waals surface area contributed by atoms with E-state index in [2.05, 4.69) is 4.57 Å². The Bertz CT molecular complexity index is 820. The maximum absolute atomic E-state index is 12.8. The fourth-order valence-electron chi connectivity index (χ4n) is 2.84. The van der Waals surface area contributed by atoms with E-state index in [1.807, 2.05) is 26.0 Å². The molecule has 1 heterocycles. The average Bonchev–Trinajstić information content (AvgIpc) is 2.82. The number of amides is 1. The lowest BCUT2D eigenvalue weighted by Crippen LogP contribution is -2.50. The highest BCUT2D eigenvalue weighted by molar-refractivity contribution is 6.01. The summed E-state index contributed by atoms with van der Waals surface area (Å²) in [7, 11) is 3.19. The number of aromatic nitrogens is 1. The number of rotatable bonds is 6. The van der Waals surface area contributed by atoms with E-state index in [1.165, 1.54) is 25.8 Å². The molecule has 0 bridgehead atoms. The Morgan fingerprint density at radius 2 is 1.92 bits per heavy atom. The third-order valence-corrected chi connectivity index (χ3v) is 5.07. The number of methoxy groups -OCH3 is 1. The van der Waals surface area contributed by atoms with Crippen molar-refractivity contribution in [2.24, 2.45) is 0 Å². The van der Waals surface area contributed by atoms with Crippen molar-refractivity contribution in [2.45, 2.75) is 39.8 Å². The van der Waals surface area contributed by atoms with Crippen LogP contribution in [0.3, 0.4) is 0 Å². The van der Waals surface area contributed by atoms with Crippen molar-refractivity contribution in [3.05, 3.63) is 35.0 Å². The summed E-state index contributed by atoms with van der Waals surface area (Å²) in [5.74, 6) is -1.35. The molecule has 0 radical (unpaired) electrons. The highest BCUT2D eigenvalue weighted by atomic mass is 16.5. The first-order chi connectivity index (χ1) is 11.6. The molecule has 2 aromatic rings. The third kappa shape index (κ3) is 3.26. The van der Waals surface area contributed by atoms with Gasteiger partial charge in [-0.3, -0.25) is 4.79 Å². The first-order valence-corrected chi connectivity index (χ1v) is 8.22. The predicted molar refractivity (Wildman–Crippen MR) is 97.1 cm³/mol. The third-order valence-electron chi connectivity index (χ3n) is 5.07. The van der Waals surface area contributed by atoms with E-state index in [0.717, 1.165) is 28.7 Å². The molecule has 0 saturated heterocycles. The van der Waals surface area contributed by atoms with E-state index in [0.29, 0.717) is 12.2 Å². The monoisotopic (exact) mass is 346 g/mol. The fraction of sp³-hybridized carbons (Fsp3) is 0.474. The lowest BCUT2D eigenvalue weighted by atomic mass is 10.0. The van der Waals surface area contributed by atoms with E-state index in [-0.39, 0.29) is 5.91 Å². The molecule has 0 saturated carbocycles. The summed E-state index contributed by atoms with van der Waals surface area (Å²) in [5.41, 5.74) is 2.50. The van der Waals surface area contributed by atoms with E-state index >= 15 is 0 Å². The molecule has 0 aliphatic carbocycles. The Labute approximate surface area is 148 Å². The molecule has 0 unspecified atom stereocenters. The Balaban J connectivity index is 2.47. The summed E-state index contributed by atoms with van der Waals surface area (Å²) in [6, 6.07) is 5.51. The van der Waals surface area contributed by atoms with Gasteiger partial charge in [-0.15, -0.1) is 0 Å². The van der Waals surface area contributed by atoms with E-state index in [4.69, 9.17) is 4.74 Å². The number of nitrogens with zero attached hydrogens (tertiary/aromatic N) is 2. The summed E-state index contributed by atoms with van der Waals surface area (Å²) in [6.45, 7) is 8.46. The molecule has 0 fully saturated rings. The molecule has 0 aliphatic heterocycles. The second kappa shape index (κ2) is 6.88. The van der Waals surface area contributed by atoms with Crippen LogP contribution in [0.25, 0.3) is 10.9 Å². The SMILES string of the molecule is COCCn1c(C)c(C)c2cc(C(=O)N(C)C(C)(C)C(=O)O)ccc21. The molecular formula is C19H26N2O4. The number of likely N-dealkylation sites (N-methyl/N-ethyl adjacent to an activating group) is 1. The number of hydrogen-bond donors (Lipinski definition) is 1. The molecule has 1 N–H and O–H groups in total. The molecular weight excluding hydrogens is 320 g/mol. The average molecular weight is 346 g/mol. The van der Waals surface area contributed by atoms with Crippen LogP contribution >= 0.6 is 0 Å². The Hall–Kier alpha value is -2.34. The molecule has 1 aromatic carbocycles. The number of fused-ring (bicyclic) bond motifs is 1. The van der Waals surface area contributed by atoms with E-state index in [9.17, 15) is 14.7 Å². The minimum atomic E-state index is -1.28. The number of aryl methyl sites for hydroxylation is 1. The van der Waals surface area contributed by atoms with Gasteiger partial charge in [0.05, 0.1) is 6.61 Å². The van der Waals surface area contributed by atoms with Crippen molar-refractivity contribution < 1.29 is 19.4 Å². The van der Waals surface area contributed by atoms with Gasteiger partial charge < -0.3 is 19.3 Å². The van der Waals surface area contributed by atoms with E-state index in [1.54, 1.807) is 13.2 Å². The smallest absolute Gasteiger partial charge is 0.329 e. The van der Waals surface area contributed by atoms with Crippen molar-refractivity contribution in [1.29, 1.82) is 0 Å². The van der Waals surface area contributed by atoms with Crippen LogP contribution in [0.15, 0.2) is 18.2 Å². The maximum Gasteiger partial charge on any atom is 0.329 e. The van der Waals surface area contributed by atoms with Gasteiger partial charge in [-0.2, -0.15) is 0 Å². The molecule has 2 rings (SSSR count). The first kappa shape index (κ1) is 19.0. The van der Waals surface area contributed by atoms with Crippen molar-refractivity contribution in [2.75, 3.05) is 20.8 Å². The zero-order chi connectivity index (χ0) is 18.9. The van der Waals surface area contributed by atoms with Gasteiger partial charge in [0, 0.05) is 42.9 Å². The van der Waals surface area contributed by atoms with E-state index < -0.39 is 11.5 Å². The van der Waals surface area contributed by atoms with Crippen molar-refractivity contribution in [3.8, 4) is 0 Å². The number of ether oxygens (including phenoxy) is 1. The zero-order valence-electron chi connectivity index (χ0n) is 15.7. The van der Waals surface area contributed by atoms with Crippen molar-refractivity contribution in [1.82, 2.24) is 9.47 Å². The summed E-state index contributed by atoms with van der Waals surface area (Å²) in [4.78, 5) is 25.4. The molecule has 6 heteroatoms. The maximum atomic E-state index is 12.8. The summed E-state index contributed by atoms with van der Waals surface area (Å²) in [5, 5.41) is 10.3. The Morgan fingerprint density at radius 1 is 1.28 bits per heavy atom. The van der Waals surface area contributed by atoms with Crippen LogP contribution < -0.4 is 0 Å². The zero-order valence-corrected chi connectivity index (χ0v) is 15.7. The lowest BCUT2D eigenvalue weighted by Gasteiger charge is -2.31. The van der Waals surface area contributed by atoms with Gasteiger partial charge in [-0.25, -0.2) is 4.79 Å². The number of aliphatic carboxylic acids is 1. The number of carboxylic acid groups (broad SMARTS) is 1. The molecule has 1 amide bonds. The predicted octanol–water partition coefficient (Wildman–Crippen LogP) is 2.84. The number of benzene rings is 1. The van der Waals surface area contributed by atoms with Crippen LogP contribution in [-0.2, 0) is 16.1 Å². The van der Waals surface area contributed by atoms with Gasteiger partial charge in [-0.05, 0) is 51.5 Å². The van der Waals surface area contributed by atoms with Gasteiger partial charge in [0.25, 0.3) is 5.91 Å². The van der Waals surface area contributed by atoms with Crippen LogP contribution in [0.4, 0.5) is 0 Å². The van der Waals surface area contributed by atoms with Gasteiger partial charge in [-0.1, -0.05) is 0 Å². The largest absolute Gasteiger partial charge is 0.480 e. The topological polar surface area (TPSA) is 71.8 Å². The standard InChI is InChI=1S/C19H26N2O4/c1-12-13(2)21(9-10-25-6)16-8-7-14(11-15(12)16)17(22)20(5)19(3,4)18(23)24/h7-8,11H,9-10H2,1-6H3,(H,23,24). The number of carbonyl (C=O) groups excluding carboxylic acids is 1. The molecule has 0 spiro atoms. The first-order valence-electron chi connectivity index (χ1n) is 8.22. The van der Waals surface area contributed by atoms with Crippen LogP contribution in [0.1, 0.15) is 35.5 Å². The molecule has 25 heavy (non-hydrogen) atoms. The van der Waals surface area contributed by atoms with Crippen molar-refractivity contribution in [3.63, 3.8) is 0 Å². The van der Waals surface area contributed by atoms with Gasteiger partial charge in [0.1, 0.15) is 5.54 Å². The molecule has 0 aliphatic rings. The van der Waals surface area contributed by atoms with Crippen LogP contribution in [0, 0.1) is 13.8 Å². The Morgan fingerprint density at radius 3 is 2.48 bits per heavy atom. The van der Waals surface area contributed by atoms with Gasteiger partial charge in [0.2, 0.25) is 0 Å². The summed E-state index contributed by atoms with van der Waals surface area (Å²) in [6.07, 6.45) is 0. The minimum absolute atomic E-state index is 0.309. The normalized spacial score (nSPS) is 11.8. The second-order valence-corrected chi connectivity index (χ2v) is 6.82. The fourth-order valence-corrected chi connectivity index (χ4v) is 2.84. The number of carbonyl (C=O) groups is 2. The van der Waals surface area contributed by atoms with Gasteiger partial charge in [0.15, 0.2) is 0 Å². The Kier molecular flexibility index (Phi) is 5.23. The van der Waals surface area contributed by atoms with Crippen LogP contribution in [0.5, 0.6) is 0 Å². The number of hydrogen-bond acceptors (Lipinski definition) is 3. The highest BCUT2D eigenvalue weighted by Gasteiger charge is 2.35. The summed E-state index contributed by atoms with van der Waals surface area (Å²) >= 11 is 0. The van der Waals surface area contributed by atoms with Crippen LogP contribution in [0.2, 0.25) is 0 Å². The molecule has 136 valence electrons. The van der Waals surface area contributed by atoms with Crippen LogP contribution in [-0.4, -0.2) is 52.8 Å². The quantitative estimate of drug-likeness (QED) is 0.873. The summed E-state index contributed by atoms with van der Waals surface area (Å²) < 4.78 is 7.35. The molecule has 6 nitrogen and oxygen atoms in total. The number of carboxylic acids is 1. The minimum Gasteiger partial charge on any atom is -0.480 e. The lowest BCUT2D eigenvalue weighted by molar-refractivity contribution is -0.147. The van der Waals surface area contributed by atoms with Crippen molar-refractivity contribution >= 4 is 22.8 Å². The van der Waals surface area contributed by atoms with Gasteiger partial charge >= 0.3 is 5.97 Å². The highest BCUT2D eigenvalue weighted by Crippen LogP contribution is 2.27. The second-order valence-electron chi connectivity index (χ2n) is 6.82. The molecule has 1 aromatic heterocycles.